The zero-order valence-corrected chi connectivity index (χ0v) is 17.0. The number of carbonyl (C=O) groups excluding carboxylic acids is 1. The molecule has 1 saturated carbocycles. The summed E-state index contributed by atoms with van der Waals surface area (Å²) < 4.78 is 6.62. The fourth-order valence-electron chi connectivity index (χ4n) is 2.78. The topological polar surface area (TPSA) is 100 Å². The molecule has 0 atom stereocenters. The summed E-state index contributed by atoms with van der Waals surface area (Å²) in [4.78, 5) is 23.9. The second-order valence-corrected chi connectivity index (χ2v) is 8.28. The molecule has 8 nitrogen and oxygen atoms in total. The minimum Gasteiger partial charge on any atom is -0.466 e. The van der Waals surface area contributed by atoms with Crippen LogP contribution in [0.25, 0.3) is 16.8 Å². The standard InChI is InChI=1S/C19H16N4O4S2/c1-27-17(24)9-5-12-4-8-15(14(11-12)23(25)26)29-19-21-20-18(16-3-2-10-28-16)22(19)13-6-7-13/h2-5,8-11,13H,6-7H2,1H3/b9-5+. The van der Waals surface area contributed by atoms with Crippen LogP contribution < -0.4 is 0 Å². The quantitative estimate of drug-likeness (QED) is 0.235. The van der Waals surface area contributed by atoms with Crippen molar-refractivity contribution < 1.29 is 14.5 Å². The molecular formula is C19H16N4O4S2. The van der Waals surface area contributed by atoms with Crippen molar-refractivity contribution in [3.8, 4) is 10.7 Å². The van der Waals surface area contributed by atoms with Crippen molar-refractivity contribution in [2.45, 2.75) is 28.9 Å². The molecule has 1 aliphatic rings. The fourth-order valence-corrected chi connectivity index (χ4v) is 4.47. The summed E-state index contributed by atoms with van der Waals surface area (Å²) in [6.45, 7) is 0. The Morgan fingerprint density at radius 2 is 2.21 bits per heavy atom. The summed E-state index contributed by atoms with van der Waals surface area (Å²) in [6, 6.07) is 9.09. The average molecular weight is 428 g/mol. The molecule has 0 bridgehead atoms. The third kappa shape index (κ3) is 4.22. The Morgan fingerprint density at radius 3 is 2.86 bits per heavy atom. The van der Waals surface area contributed by atoms with Gasteiger partial charge in [0.05, 0.1) is 21.8 Å². The SMILES string of the molecule is COC(=O)/C=C/c1ccc(Sc2nnc(-c3cccs3)n2C2CC2)c([N+](=O)[O-])c1. The van der Waals surface area contributed by atoms with E-state index in [1.54, 1.807) is 23.5 Å². The first-order chi connectivity index (χ1) is 14.1. The molecule has 1 aliphatic carbocycles. The van der Waals surface area contributed by atoms with Crippen LogP contribution in [0.2, 0.25) is 0 Å². The van der Waals surface area contributed by atoms with Gasteiger partial charge in [0, 0.05) is 18.2 Å². The van der Waals surface area contributed by atoms with Gasteiger partial charge in [-0.25, -0.2) is 4.79 Å². The average Bonchev–Trinajstić information content (AvgIpc) is 3.24. The number of nitro groups is 1. The Kier molecular flexibility index (Phi) is 5.45. The number of ether oxygens (including phenoxy) is 1. The lowest BCUT2D eigenvalue weighted by molar-refractivity contribution is -0.387. The highest BCUT2D eigenvalue weighted by atomic mass is 32.2. The van der Waals surface area contributed by atoms with Gasteiger partial charge in [-0.2, -0.15) is 0 Å². The zero-order chi connectivity index (χ0) is 20.4. The van der Waals surface area contributed by atoms with E-state index in [1.807, 2.05) is 17.5 Å². The van der Waals surface area contributed by atoms with Crippen LogP contribution in [0, 0.1) is 10.1 Å². The lowest BCUT2D eigenvalue weighted by Gasteiger charge is -2.08. The number of nitrogens with zero attached hydrogens (tertiary/aromatic N) is 4. The van der Waals surface area contributed by atoms with Crippen molar-refractivity contribution in [2.75, 3.05) is 7.11 Å². The molecule has 2 heterocycles. The van der Waals surface area contributed by atoms with Crippen molar-refractivity contribution >= 4 is 40.8 Å². The van der Waals surface area contributed by atoms with E-state index in [1.165, 1.54) is 37.1 Å². The van der Waals surface area contributed by atoms with E-state index in [4.69, 9.17) is 0 Å². The van der Waals surface area contributed by atoms with Gasteiger partial charge in [0.25, 0.3) is 5.69 Å². The number of aromatic nitrogens is 3. The van der Waals surface area contributed by atoms with Gasteiger partial charge in [-0.15, -0.1) is 21.5 Å². The van der Waals surface area contributed by atoms with Crippen molar-refractivity contribution in [3.63, 3.8) is 0 Å². The van der Waals surface area contributed by atoms with Crippen LogP contribution in [0.15, 0.2) is 51.8 Å². The number of nitro benzene ring substituents is 1. The van der Waals surface area contributed by atoms with Gasteiger partial charge in [-0.3, -0.25) is 14.7 Å². The van der Waals surface area contributed by atoms with E-state index >= 15 is 0 Å². The van der Waals surface area contributed by atoms with Gasteiger partial charge >= 0.3 is 5.97 Å². The molecule has 0 saturated heterocycles. The molecule has 2 aromatic heterocycles. The molecule has 0 amide bonds. The normalized spacial score (nSPS) is 13.7. The second kappa shape index (κ2) is 8.18. The van der Waals surface area contributed by atoms with Crippen LogP contribution in [-0.2, 0) is 9.53 Å². The fraction of sp³-hybridized carbons (Fsp3) is 0.211. The molecule has 10 heteroatoms. The third-order valence-electron chi connectivity index (χ3n) is 4.31. The van der Waals surface area contributed by atoms with Gasteiger partial charge in [-0.1, -0.05) is 12.1 Å². The smallest absolute Gasteiger partial charge is 0.330 e. The molecule has 0 N–H and O–H groups in total. The van der Waals surface area contributed by atoms with Crippen molar-refractivity contribution in [1.29, 1.82) is 0 Å². The Morgan fingerprint density at radius 1 is 1.38 bits per heavy atom. The molecule has 1 aromatic carbocycles. The highest BCUT2D eigenvalue weighted by molar-refractivity contribution is 7.99. The zero-order valence-electron chi connectivity index (χ0n) is 15.3. The number of carbonyl (C=O) groups is 1. The van der Waals surface area contributed by atoms with Gasteiger partial charge in [0.15, 0.2) is 11.0 Å². The molecule has 4 rings (SSSR count). The first-order valence-corrected chi connectivity index (χ1v) is 10.5. The van der Waals surface area contributed by atoms with Gasteiger partial charge < -0.3 is 4.74 Å². The van der Waals surface area contributed by atoms with Crippen LogP contribution in [0.1, 0.15) is 24.4 Å². The van der Waals surface area contributed by atoms with Gasteiger partial charge in [0.2, 0.25) is 0 Å². The number of hydrogen-bond donors (Lipinski definition) is 0. The molecule has 0 radical (unpaired) electrons. The first-order valence-electron chi connectivity index (χ1n) is 8.78. The maximum absolute atomic E-state index is 11.6. The molecule has 1 fully saturated rings. The van der Waals surface area contributed by atoms with Crippen LogP contribution in [0.4, 0.5) is 5.69 Å². The van der Waals surface area contributed by atoms with Crippen molar-refractivity contribution in [1.82, 2.24) is 14.8 Å². The molecule has 0 aliphatic heterocycles. The number of thiophene rings is 1. The van der Waals surface area contributed by atoms with E-state index in [0.717, 1.165) is 23.5 Å². The summed E-state index contributed by atoms with van der Waals surface area (Å²) in [5.74, 6) is 0.273. The number of rotatable bonds is 7. The largest absolute Gasteiger partial charge is 0.466 e. The molecule has 29 heavy (non-hydrogen) atoms. The van der Waals surface area contributed by atoms with Gasteiger partial charge in [0.1, 0.15) is 0 Å². The van der Waals surface area contributed by atoms with Crippen molar-refractivity contribution in [3.05, 3.63) is 57.5 Å². The number of hydrogen-bond acceptors (Lipinski definition) is 8. The second-order valence-electron chi connectivity index (χ2n) is 6.33. The summed E-state index contributed by atoms with van der Waals surface area (Å²) in [5, 5.41) is 22.9. The molecular weight excluding hydrogens is 412 g/mol. The summed E-state index contributed by atoms with van der Waals surface area (Å²) in [5.41, 5.74) is 0.486. The molecule has 148 valence electrons. The summed E-state index contributed by atoms with van der Waals surface area (Å²) in [6.07, 6.45) is 4.80. The Balaban J connectivity index is 1.67. The van der Waals surface area contributed by atoms with Crippen LogP contribution in [0.5, 0.6) is 0 Å². The maximum Gasteiger partial charge on any atom is 0.330 e. The highest BCUT2D eigenvalue weighted by Crippen LogP contribution is 2.44. The van der Waals surface area contributed by atoms with Crippen LogP contribution >= 0.6 is 23.1 Å². The van der Waals surface area contributed by atoms with E-state index in [0.29, 0.717) is 21.7 Å². The lowest BCUT2D eigenvalue weighted by atomic mass is 10.2. The first kappa shape index (κ1) is 19.3. The number of methoxy groups -OCH3 is 1. The Hall–Kier alpha value is -2.98. The minimum atomic E-state index is -0.523. The predicted octanol–water partition coefficient (Wildman–Crippen LogP) is 4.59. The number of esters is 1. The summed E-state index contributed by atoms with van der Waals surface area (Å²) >= 11 is 2.82. The Labute approximate surface area is 174 Å². The molecule has 0 spiro atoms. The molecule has 3 aromatic rings. The minimum absolute atomic E-state index is 0.0509. The number of benzene rings is 1. The van der Waals surface area contributed by atoms with E-state index < -0.39 is 10.9 Å². The van der Waals surface area contributed by atoms with E-state index in [-0.39, 0.29) is 5.69 Å². The molecule has 0 unspecified atom stereocenters. The Bertz CT molecular complexity index is 1090. The maximum atomic E-state index is 11.6. The van der Waals surface area contributed by atoms with Crippen molar-refractivity contribution in [2.24, 2.45) is 0 Å². The van der Waals surface area contributed by atoms with Crippen LogP contribution in [-0.4, -0.2) is 32.8 Å². The lowest BCUT2D eigenvalue weighted by Crippen LogP contribution is -1.99. The monoisotopic (exact) mass is 428 g/mol. The van der Waals surface area contributed by atoms with E-state index in [2.05, 4.69) is 19.5 Å². The summed E-state index contributed by atoms with van der Waals surface area (Å²) in [7, 11) is 1.27. The third-order valence-corrected chi connectivity index (χ3v) is 6.20. The highest BCUT2D eigenvalue weighted by Gasteiger charge is 2.31. The van der Waals surface area contributed by atoms with Gasteiger partial charge in [-0.05, 0) is 53.8 Å². The van der Waals surface area contributed by atoms with Crippen LogP contribution in [0.3, 0.4) is 0 Å². The predicted molar refractivity (Wildman–Crippen MR) is 110 cm³/mol. The van der Waals surface area contributed by atoms with E-state index in [9.17, 15) is 14.9 Å².